The molecule has 0 radical (unpaired) electrons. The molecule has 2 aliphatic heterocycles. The van der Waals surface area contributed by atoms with Crippen molar-refractivity contribution in [3.05, 3.63) is 15.8 Å². The molecule has 0 spiro atoms. The third-order valence-corrected chi connectivity index (χ3v) is 9.03. The number of primary amides is 1. The van der Waals surface area contributed by atoms with Gasteiger partial charge >= 0.3 is 16.2 Å². The van der Waals surface area contributed by atoms with E-state index in [-0.39, 0.29) is 12.1 Å². The normalized spacial score (nSPS) is 23.6. The van der Waals surface area contributed by atoms with Crippen molar-refractivity contribution in [1.29, 1.82) is 0 Å². The molecule has 2 unspecified atom stereocenters. The minimum absolute atomic E-state index is 0.207. The van der Waals surface area contributed by atoms with Gasteiger partial charge in [-0.3, -0.25) is 0 Å². The summed E-state index contributed by atoms with van der Waals surface area (Å²) in [6.07, 6.45) is 3.71. The number of carbonyl (C=O) groups excluding carboxylic acids is 1. The van der Waals surface area contributed by atoms with Crippen LogP contribution in [0.25, 0.3) is 0 Å². The second-order valence-electron chi connectivity index (χ2n) is 7.74. The van der Waals surface area contributed by atoms with E-state index in [4.69, 9.17) is 10.5 Å². The van der Waals surface area contributed by atoms with E-state index in [1.807, 2.05) is 20.9 Å². The van der Waals surface area contributed by atoms with Gasteiger partial charge in [0.15, 0.2) is 0 Å². The summed E-state index contributed by atoms with van der Waals surface area (Å²) in [7, 11) is -2.16. The number of likely N-dealkylation sites (tertiary alicyclic amines) is 1. The number of aryl methyl sites for hydroxylation is 2. The van der Waals surface area contributed by atoms with Crippen LogP contribution in [0, 0.1) is 0 Å². The average Bonchev–Trinajstić information content (AvgIpc) is 3.31. The summed E-state index contributed by atoms with van der Waals surface area (Å²) in [5.74, 6) is 0. The number of rotatable bonds is 7. The van der Waals surface area contributed by atoms with Gasteiger partial charge in [-0.1, -0.05) is 13.8 Å². The van der Waals surface area contributed by atoms with E-state index in [0.717, 1.165) is 39.9 Å². The Morgan fingerprint density at radius 3 is 2.62 bits per heavy atom. The lowest BCUT2D eigenvalue weighted by atomic mass is 10.0. The van der Waals surface area contributed by atoms with Crippen molar-refractivity contribution in [1.82, 2.24) is 9.21 Å². The van der Waals surface area contributed by atoms with Crippen molar-refractivity contribution in [2.24, 2.45) is 5.73 Å². The summed E-state index contributed by atoms with van der Waals surface area (Å²) in [5, 5.41) is 0. The lowest BCUT2D eigenvalue weighted by Gasteiger charge is -2.41. The first-order valence-corrected chi connectivity index (χ1v) is 12.5. The third kappa shape index (κ3) is 4.61. The van der Waals surface area contributed by atoms with E-state index in [2.05, 4.69) is 4.90 Å². The number of carbonyl (C=O) groups is 1. The standard InChI is InChI=1S/C19H32N4O4S2/c1-4-16-11-17(18(5-2)28-16)23(19(20)24)29(25,26)22(15-8-10-27-13-15)14-7-6-9-21(3)12-14/h11,14-15H,4-10,12-13H2,1-3H3,(H2,20,24). The fourth-order valence-electron chi connectivity index (χ4n) is 4.27. The lowest BCUT2D eigenvalue weighted by Crippen LogP contribution is -2.59. The quantitative estimate of drug-likeness (QED) is 0.695. The van der Waals surface area contributed by atoms with E-state index in [9.17, 15) is 13.2 Å². The lowest BCUT2D eigenvalue weighted by molar-refractivity contribution is 0.126. The number of thiophene rings is 1. The zero-order valence-corrected chi connectivity index (χ0v) is 19.1. The molecule has 3 rings (SSSR count). The summed E-state index contributed by atoms with van der Waals surface area (Å²) in [6.45, 7) is 6.41. The third-order valence-electron chi connectivity index (χ3n) is 5.65. The molecule has 29 heavy (non-hydrogen) atoms. The number of urea groups is 1. The molecule has 1 aromatic rings. The second kappa shape index (κ2) is 9.30. The van der Waals surface area contributed by atoms with Gasteiger partial charge in [-0.05, 0) is 51.8 Å². The van der Waals surface area contributed by atoms with Gasteiger partial charge in [0, 0.05) is 28.9 Å². The predicted octanol–water partition coefficient (Wildman–Crippen LogP) is 2.19. The topological polar surface area (TPSA) is 96.2 Å². The van der Waals surface area contributed by atoms with Crippen LogP contribution in [0.4, 0.5) is 10.5 Å². The molecule has 2 amide bonds. The van der Waals surface area contributed by atoms with Gasteiger partial charge < -0.3 is 15.4 Å². The molecule has 0 bridgehead atoms. The Labute approximate surface area is 177 Å². The molecule has 2 aliphatic rings. The Morgan fingerprint density at radius 2 is 2.07 bits per heavy atom. The Kier molecular flexibility index (Phi) is 7.21. The van der Waals surface area contributed by atoms with Crippen LogP contribution in [-0.4, -0.2) is 69.1 Å². The predicted molar refractivity (Wildman–Crippen MR) is 116 cm³/mol. The molecule has 2 atom stereocenters. The number of anilines is 1. The number of ether oxygens (including phenoxy) is 1. The Hall–Kier alpha value is -1.20. The smallest absolute Gasteiger partial charge is 0.334 e. The van der Waals surface area contributed by atoms with Gasteiger partial charge in [-0.25, -0.2) is 4.79 Å². The first-order chi connectivity index (χ1) is 13.8. The summed E-state index contributed by atoms with van der Waals surface area (Å²) < 4.78 is 35.7. The van der Waals surface area contributed by atoms with Gasteiger partial charge in [-0.15, -0.1) is 11.3 Å². The number of hydrogen-bond donors (Lipinski definition) is 1. The monoisotopic (exact) mass is 444 g/mol. The van der Waals surface area contributed by atoms with Crippen LogP contribution in [0.5, 0.6) is 0 Å². The van der Waals surface area contributed by atoms with Crippen LogP contribution >= 0.6 is 11.3 Å². The molecule has 2 N–H and O–H groups in total. The molecule has 0 aromatic carbocycles. The van der Waals surface area contributed by atoms with Gasteiger partial charge in [0.25, 0.3) is 0 Å². The zero-order valence-electron chi connectivity index (χ0n) is 17.5. The van der Waals surface area contributed by atoms with Crippen molar-refractivity contribution in [2.45, 2.75) is 58.0 Å². The summed E-state index contributed by atoms with van der Waals surface area (Å²) >= 11 is 1.54. The van der Waals surface area contributed by atoms with Crippen LogP contribution in [-0.2, 0) is 27.8 Å². The van der Waals surface area contributed by atoms with Crippen molar-refractivity contribution < 1.29 is 17.9 Å². The number of nitrogens with two attached hydrogens (primary N) is 1. The molecule has 0 aliphatic carbocycles. The van der Waals surface area contributed by atoms with Crippen LogP contribution in [0.15, 0.2) is 6.07 Å². The number of likely N-dealkylation sites (N-methyl/N-ethyl adjacent to an activating group) is 1. The fraction of sp³-hybridized carbons (Fsp3) is 0.737. The van der Waals surface area contributed by atoms with Gasteiger partial charge in [0.05, 0.1) is 18.3 Å². The van der Waals surface area contributed by atoms with Gasteiger partial charge in [0.2, 0.25) is 0 Å². The summed E-state index contributed by atoms with van der Waals surface area (Å²) in [6, 6.07) is 0.338. The fourth-order valence-corrected chi connectivity index (χ4v) is 7.28. The Morgan fingerprint density at radius 1 is 1.31 bits per heavy atom. The first kappa shape index (κ1) is 22.5. The maximum Gasteiger partial charge on any atom is 0.334 e. The maximum absolute atomic E-state index is 13.9. The maximum atomic E-state index is 13.9. The molecule has 0 saturated carbocycles. The van der Waals surface area contributed by atoms with Crippen LogP contribution in [0.3, 0.4) is 0 Å². The number of hydrogen-bond acceptors (Lipinski definition) is 6. The molecule has 2 saturated heterocycles. The number of amides is 2. The highest BCUT2D eigenvalue weighted by atomic mass is 32.2. The van der Waals surface area contributed by atoms with Crippen molar-refractivity contribution in [3.8, 4) is 0 Å². The molecule has 8 nitrogen and oxygen atoms in total. The first-order valence-electron chi connectivity index (χ1n) is 10.3. The molecule has 1 aromatic heterocycles. The Bertz CT molecular complexity index is 820. The van der Waals surface area contributed by atoms with Crippen molar-refractivity contribution in [3.63, 3.8) is 0 Å². The van der Waals surface area contributed by atoms with E-state index < -0.39 is 16.2 Å². The van der Waals surface area contributed by atoms with Crippen molar-refractivity contribution in [2.75, 3.05) is 37.7 Å². The molecule has 2 fully saturated rings. The number of piperidine rings is 1. The summed E-state index contributed by atoms with van der Waals surface area (Å²) in [4.78, 5) is 16.5. The highest BCUT2D eigenvalue weighted by Crippen LogP contribution is 2.36. The van der Waals surface area contributed by atoms with Gasteiger partial charge in [0.1, 0.15) is 0 Å². The molecule has 164 valence electrons. The molecular formula is C19H32N4O4S2. The van der Waals surface area contributed by atoms with Crippen LogP contribution in [0.2, 0.25) is 0 Å². The Balaban J connectivity index is 2.06. The zero-order chi connectivity index (χ0) is 21.2. The average molecular weight is 445 g/mol. The van der Waals surface area contributed by atoms with Crippen LogP contribution < -0.4 is 10.0 Å². The van der Waals surface area contributed by atoms with E-state index in [1.165, 1.54) is 15.6 Å². The molecule has 10 heteroatoms. The van der Waals surface area contributed by atoms with Gasteiger partial charge in [-0.2, -0.15) is 17.0 Å². The minimum atomic E-state index is -4.16. The van der Waals surface area contributed by atoms with E-state index in [1.54, 1.807) is 6.07 Å². The van der Waals surface area contributed by atoms with E-state index in [0.29, 0.717) is 38.3 Å². The van der Waals surface area contributed by atoms with E-state index >= 15 is 0 Å². The second-order valence-corrected chi connectivity index (χ2v) is 10.6. The summed E-state index contributed by atoms with van der Waals surface area (Å²) in [5.41, 5.74) is 6.06. The highest BCUT2D eigenvalue weighted by molar-refractivity contribution is 7.91. The SMILES string of the molecule is CCc1cc(N(C(N)=O)S(=O)(=O)N(C2CCOC2)C2CCCN(C)C2)c(CC)s1. The molecule has 3 heterocycles. The molecular weight excluding hydrogens is 412 g/mol. The number of nitrogens with zero attached hydrogens (tertiary/aromatic N) is 3. The minimum Gasteiger partial charge on any atom is -0.380 e. The van der Waals surface area contributed by atoms with Crippen LogP contribution in [0.1, 0.15) is 42.9 Å². The van der Waals surface area contributed by atoms with Crippen molar-refractivity contribution >= 4 is 33.3 Å². The highest BCUT2D eigenvalue weighted by Gasteiger charge is 2.45. The largest absolute Gasteiger partial charge is 0.380 e.